The monoisotopic (exact) mass is 409 g/mol. The van der Waals surface area contributed by atoms with Crippen LogP contribution in [0.3, 0.4) is 0 Å². The van der Waals surface area contributed by atoms with Gasteiger partial charge in [-0.3, -0.25) is 9.69 Å². The van der Waals surface area contributed by atoms with Crippen molar-refractivity contribution in [2.75, 3.05) is 19.6 Å². The first-order valence-corrected chi connectivity index (χ1v) is 10.9. The van der Waals surface area contributed by atoms with E-state index < -0.39 is 0 Å². The maximum absolute atomic E-state index is 12.5. The van der Waals surface area contributed by atoms with Crippen LogP contribution in [-0.2, 0) is 11.2 Å². The fraction of sp³-hybridized carbons (Fsp3) is 0.375. The minimum Gasteiger partial charge on any atom is -0.361 e. The van der Waals surface area contributed by atoms with E-state index in [4.69, 9.17) is 11.6 Å². The maximum Gasteiger partial charge on any atom is 0.220 e. The number of rotatable bonds is 8. The number of likely N-dealkylation sites (tertiary alicyclic amines) is 1. The van der Waals surface area contributed by atoms with Crippen molar-refractivity contribution in [2.24, 2.45) is 0 Å². The summed E-state index contributed by atoms with van der Waals surface area (Å²) in [4.78, 5) is 18.2. The Morgan fingerprint density at radius 2 is 1.97 bits per heavy atom. The molecule has 4 nitrogen and oxygen atoms in total. The van der Waals surface area contributed by atoms with Gasteiger partial charge in [0, 0.05) is 35.1 Å². The van der Waals surface area contributed by atoms with Crippen LogP contribution < -0.4 is 5.32 Å². The van der Waals surface area contributed by atoms with E-state index in [2.05, 4.69) is 45.7 Å². The molecule has 1 amide bonds. The van der Waals surface area contributed by atoms with Crippen LogP contribution in [-0.4, -0.2) is 35.4 Å². The lowest BCUT2D eigenvalue weighted by molar-refractivity contribution is -0.121. The van der Waals surface area contributed by atoms with Crippen molar-refractivity contribution in [1.29, 1.82) is 0 Å². The molecule has 29 heavy (non-hydrogen) atoms. The first kappa shape index (κ1) is 20.0. The van der Waals surface area contributed by atoms with Crippen LogP contribution in [0.1, 0.15) is 42.9 Å². The van der Waals surface area contributed by atoms with E-state index in [1.807, 2.05) is 24.3 Å². The van der Waals surface area contributed by atoms with Gasteiger partial charge in [0.05, 0.1) is 6.04 Å². The molecule has 1 aliphatic rings. The number of nitrogens with zero attached hydrogens (tertiary/aromatic N) is 1. The van der Waals surface area contributed by atoms with Gasteiger partial charge < -0.3 is 10.3 Å². The smallest absolute Gasteiger partial charge is 0.220 e. The van der Waals surface area contributed by atoms with E-state index >= 15 is 0 Å². The Bertz CT molecular complexity index is 961. The summed E-state index contributed by atoms with van der Waals surface area (Å²) in [6.07, 6.45) is 6.79. The van der Waals surface area contributed by atoms with Crippen molar-refractivity contribution in [3.8, 4) is 0 Å². The molecule has 2 aromatic carbocycles. The average Bonchev–Trinajstić information content (AvgIpc) is 3.39. The molecule has 3 aromatic rings. The zero-order valence-corrected chi connectivity index (χ0v) is 17.4. The maximum atomic E-state index is 12.5. The number of H-pyrrole nitrogens is 1. The molecule has 1 fully saturated rings. The quantitative estimate of drug-likeness (QED) is 0.543. The molecule has 0 bridgehead atoms. The van der Waals surface area contributed by atoms with Crippen LogP contribution in [0.5, 0.6) is 0 Å². The van der Waals surface area contributed by atoms with Gasteiger partial charge in [0.25, 0.3) is 0 Å². The second kappa shape index (κ2) is 9.47. The van der Waals surface area contributed by atoms with Gasteiger partial charge in [-0.1, -0.05) is 41.9 Å². The van der Waals surface area contributed by atoms with Crippen molar-refractivity contribution >= 4 is 28.4 Å². The van der Waals surface area contributed by atoms with Crippen LogP contribution >= 0.6 is 11.6 Å². The summed E-state index contributed by atoms with van der Waals surface area (Å²) in [7, 11) is 0. The van der Waals surface area contributed by atoms with Gasteiger partial charge >= 0.3 is 0 Å². The third-order valence-electron chi connectivity index (χ3n) is 5.83. The molecule has 0 saturated carbocycles. The molecule has 2 heterocycles. The number of carbonyl (C=O) groups excluding carboxylic acids is 1. The van der Waals surface area contributed by atoms with Crippen molar-refractivity contribution in [3.63, 3.8) is 0 Å². The molecule has 152 valence electrons. The van der Waals surface area contributed by atoms with Gasteiger partial charge in [0.2, 0.25) is 5.91 Å². The Morgan fingerprint density at radius 3 is 2.79 bits per heavy atom. The predicted octanol–water partition coefficient (Wildman–Crippen LogP) is 5.10. The Hall–Kier alpha value is -2.30. The van der Waals surface area contributed by atoms with Crippen LogP contribution in [0.15, 0.2) is 54.7 Å². The van der Waals surface area contributed by atoms with Gasteiger partial charge in [-0.05, 0) is 68.1 Å². The number of nitrogens with one attached hydrogen (secondary N) is 2. The molecule has 0 radical (unpaired) electrons. The number of aromatic nitrogens is 1. The molecule has 1 saturated heterocycles. The molecular formula is C24H28ClN3O. The number of hydrogen-bond donors (Lipinski definition) is 2. The minimum atomic E-state index is 0.121. The van der Waals surface area contributed by atoms with Crippen LogP contribution in [0.4, 0.5) is 0 Å². The molecule has 4 rings (SSSR count). The molecule has 0 spiro atoms. The lowest BCUT2D eigenvalue weighted by Gasteiger charge is -2.28. The van der Waals surface area contributed by atoms with E-state index in [1.54, 1.807) is 0 Å². The Kier molecular flexibility index (Phi) is 6.53. The molecule has 2 N–H and O–H groups in total. The number of hydrogen-bond acceptors (Lipinski definition) is 2. The van der Waals surface area contributed by atoms with Crippen molar-refractivity contribution in [2.45, 2.75) is 38.1 Å². The topological polar surface area (TPSA) is 48.1 Å². The molecule has 1 atom stereocenters. The highest BCUT2D eigenvalue weighted by Gasteiger charge is 2.24. The molecule has 1 aliphatic heterocycles. The van der Waals surface area contributed by atoms with Crippen LogP contribution in [0, 0.1) is 0 Å². The standard InChI is InChI=1S/C24H28ClN3O/c25-20-9-5-7-18(15-20)23(28-13-3-4-14-28)17-27-24(29)12-6-8-19-16-26-22-11-2-1-10-21(19)22/h1-2,5,7,9-11,15-16,23,26H,3-4,6,8,12-14,17H2,(H,27,29). The number of aromatic amines is 1. The van der Waals surface area contributed by atoms with Gasteiger partial charge in [0.1, 0.15) is 0 Å². The number of carbonyl (C=O) groups is 1. The van der Waals surface area contributed by atoms with Gasteiger partial charge in [0.15, 0.2) is 0 Å². The van der Waals surface area contributed by atoms with Gasteiger partial charge in [-0.25, -0.2) is 0 Å². The highest BCUT2D eigenvalue weighted by Crippen LogP contribution is 2.26. The van der Waals surface area contributed by atoms with E-state index in [9.17, 15) is 4.79 Å². The Labute approximate surface area is 177 Å². The fourth-order valence-corrected chi connectivity index (χ4v) is 4.50. The Morgan fingerprint density at radius 1 is 1.14 bits per heavy atom. The molecule has 0 aliphatic carbocycles. The third kappa shape index (κ3) is 5.01. The fourth-order valence-electron chi connectivity index (χ4n) is 4.30. The second-order valence-corrected chi connectivity index (χ2v) is 8.27. The summed E-state index contributed by atoms with van der Waals surface area (Å²) >= 11 is 6.21. The summed E-state index contributed by atoms with van der Waals surface area (Å²) in [5, 5.41) is 5.16. The average molecular weight is 410 g/mol. The summed E-state index contributed by atoms with van der Waals surface area (Å²) in [6, 6.07) is 16.5. The summed E-state index contributed by atoms with van der Waals surface area (Å²) in [5.41, 5.74) is 3.61. The lowest BCUT2D eigenvalue weighted by atomic mass is 10.0. The third-order valence-corrected chi connectivity index (χ3v) is 6.07. The van der Waals surface area contributed by atoms with Crippen molar-refractivity contribution in [1.82, 2.24) is 15.2 Å². The number of fused-ring (bicyclic) bond motifs is 1. The highest BCUT2D eigenvalue weighted by molar-refractivity contribution is 6.30. The molecule has 1 unspecified atom stereocenters. The zero-order valence-electron chi connectivity index (χ0n) is 16.7. The molecular weight excluding hydrogens is 382 g/mol. The highest BCUT2D eigenvalue weighted by atomic mass is 35.5. The normalized spacial score (nSPS) is 15.6. The van der Waals surface area contributed by atoms with Crippen LogP contribution in [0.25, 0.3) is 10.9 Å². The molecule has 5 heteroatoms. The van der Waals surface area contributed by atoms with Crippen LogP contribution in [0.2, 0.25) is 5.02 Å². The summed E-state index contributed by atoms with van der Waals surface area (Å²) in [5.74, 6) is 0.121. The first-order valence-electron chi connectivity index (χ1n) is 10.5. The molecule has 1 aromatic heterocycles. The van der Waals surface area contributed by atoms with Crippen molar-refractivity contribution < 1.29 is 4.79 Å². The second-order valence-electron chi connectivity index (χ2n) is 7.83. The summed E-state index contributed by atoms with van der Waals surface area (Å²) in [6.45, 7) is 2.79. The number of benzene rings is 2. The van der Waals surface area contributed by atoms with Gasteiger partial charge in [-0.15, -0.1) is 0 Å². The lowest BCUT2D eigenvalue weighted by Crippen LogP contribution is -2.36. The number of halogens is 1. The largest absolute Gasteiger partial charge is 0.361 e. The zero-order chi connectivity index (χ0) is 20.1. The van der Waals surface area contributed by atoms with E-state index in [0.29, 0.717) is 13.0 Å². The predicted molar refractivity (Wildman–Crippen MR) is 119 cm³/mol. The SMILES string of the molecule is O=C(CCCc1c[nH]c2ccccc12)NCC(c1cccc(Cl)c1)N1CCCC1. The van der Waals surface area contributed by atoms with E-state index in [-0.39, 0.29) is 11.9 Å². The van der Waals surface area contributed by atoms with Crippen molar-refractivity contribution in [3.05, 3.63) is 70.9 Å². The first-order chi connectivity index (χ1) is 14.2. The Balaban J connectivity index is 1.31. The van der Waals surface area contributed by atoms with Gasteiger partial charge in [-0.2, -0.15) is 0 Å². The van der Waals surface area contributed by atoms with E-state index in [0.717, 1.165) is 36.5 Å². The number of aryl methyl sites for hydroxylation is 1. The number of para-hydroxylation sites is 1. The summed E-state index contributed by atoms with van der Waals surface area (Å²) < 4.78 is 0. The number of amides is 1. The minimum absolute atomic E-state index is 0.121. The van der Waals surface area contributed by atoms with E-state index in [1.165, 1.54) is 29.4 Å².